The molecule has 0 aliphatic carbocycles. The molecule has 0 rings (SSSR count). The highest BCUT2D eigenvalue weighted by Crippen LogP contribution is 1.91. The fraction of sp³-hybridized carbons (Fsp3) is 0.667. The van der Waals surface area contributed by atoms with Gasteiger partial charge in [-0.15, -0.1) is 0 Å². The predicted molar refractivity (Wildman–Crippen MR) is 66.1 cm³/mol. The fourth-order valence-electron chi connectivity index (χ4n) is 1.12. The summed E-state index contributed by atoms with van der Waals surface area (Å²) in [7, 11) is -3.23. The van der Waals surface area contributed by atoms with Crippen LogP contribution >= 0.6 is 0 Å². The van der Waals surface area contributed by atoms with Crippen LogP contribution in [0.15, 0.2) is 0 Å². The van der Waals surface area contributed by atoms with E-state index >= 15 is 0 Å². The summed E-state index contributed by atoms with van der Waals surface area (Å²) in [6.07, 6.45) is 0. The van der Waals surface area contributed by atoms with Gasteiger partial charge < -0.3 is 21.1 Å². The first-order valence-electron chi connectivity index (χ1n) is 5.41. The topological polar surface area (TPSA) is 147 Å². The van der Waals surface area contributed by atoms with Crippen molar-refractivity contribution < 1.29 is 27.9 Å². The molecule has 0 saturated carbocycles. The molecule has 0 spiro atoms. The number of hydrogen-bond acceptors (Lipinski definition) is 5. The van der Waals surface area contributed by atoms with E-state index in [0.717, 1.165) is 0 Å². The molecule has 19 heavy (non-hydrogen) atoms. The normalized spacial score (nSPS) is 10.8. The fourth-order valence-corrected chi connectivity index (χ4v) is 1.82. The van der Waals surface area contributed by atoms with E-state index in [1.54, 1.807) is 0 Å². The lowest BCUT2D eigenvalue weighted by Gasteiger charge is -2.19. The number of primary amides is 1. The molecule has 0 aliphatic rings. The molecule has 110 valence electrons. The van der Waals surface area contributed by atoms with Gasteiger partial charge in [0.2, 0.25) is 5.91 Å². The maximum absolute atomic E-state index is 11.5. The molecule has 0 aromatic rings. The lowest BCUT2D eigenvalue weighted by molar-refractivity contribution is -0.137. The molecule has 10 heteroatoms. The van der Waals surface area contributed by atoms with Gasteiger partial charge in [0.05, 0.1) is 5.75 Å². The number of aliphatic carboxylic acids is 1. The third kappa shape index (κ3) is 7.97. The molecular formula is C9H17N3O6S. The summed E-state index contributed by atoms with van der Waals surface area (Å²) in [5, 5.41) is 10.8. The highest BCUT2D eigenvalue weighted by atomic mass is 32.2. The van der Waals surface area contributed by atoms with E-state index in [1.807, 2.05) is 0 Å². The molecule has 3 amide bonds. The molecule has 9 nitrogen and oxygen atoms in total. The maximum atomic E-state index is 11.5. The Labute approximate surface area is 110 Å². The van der Waals surface area contributed by atoms with Crippen LogP contribution in [0.25, 0.3) is 0 Å². The van der Waals surface area contributed by atoms with Gasteiger partial charge in [0, 0.05) is 12.3 Å². The highest BCUT2D eigenvalue weighted by Gasteiger charge is 2.19. The van der Waals surface area contributed by atoms with Crippen LogP contribution in [0.3, 0.4) is 0 Å². The van der Waals surface area contributed by atoms with E-state index in [0.29, 0.717) is 4.90 Å². The van der Waals surface area contributed by atoms with E-state index in [2.05, 4.69) is 5.32 Å². The van der Waals surface area contributed by atoms with Gasteiger partial charge in [-0.25, -0.2) is 13.2 Å². The minimum Gasteiger partial charge on any atom is -0.480 e. The van der Waals surface area contributed by atoms with Crippen molar-refractivity contribution in [2.45, 2.75) is 6.92 Å². The molecule has 0 fully saturated rings. The maximum Gasteiger partial charge on any atom is 0.323 e. The van der Waals surface area contributed by atoms with Crippen LogP contribution in [0, 0.1) is 0 Å². The van der Waals surface area contributed by atoms with Crippen molar-refractivity contribution in [2.75, 3.05) is 31.1 Å². The average Bonchev–Trinajstić information content (AvgIpc) is 2.26. The van der Waals surface area contributed by atoms with Crippen molar-refractivity contribution in [3.8, 4) is 0 Å². The van der Waals surface area contributed by atoms with Crippen LogP contribution in [-0.4, -0.2) is 67.5 Å². The molecule has 0 aliphatic heterocycles. The predicted octanol–water partition coefficient (Wildman–Crippen LogP) is -2.00. The number of carboxylic acids is 1. The van der Waals surface area contributed by atoms with E-state index < -0.39 is 40.8 Å². The summed E-state index contributed by atoms with van der Waals surface area (Å²) in [5.74, 6) is -2.48. The zero-order valence-electron chi connectivity index (χ0n) is 10.5. The minimum atomic E-state index is -3.23. The third-order valence-electron chi connectivity index (χ3n) is 2.09. The van der Waals surface area contributed by atoms with Gasteiger partial charge in [-0.2, -0.15) is 0 Å². The van der Waals surface area contributed by atoms with Crippen molar-refractivity contribution in [3.63, 3.8) is 0 Å². The van der Waals surface area contributed by atoms with Gasteiger partial charge >= 0.3 is 12.0 Å². The zero-order valence-corrected chi connectivity index (χ0v) is 11.3. The van der Waals surface area contributed by atoms with Crippen molar-refractivity contribution in [1.82, 2.24) is 10.2 Å². The Balaban J connectivity index is 4.40. The van der Waals surface area contributed by atoms with Gasteiger partial charge in [0.15, 0.2) is 9.84 Å². The van der Waals surface area contributed by atoms with E-state index in [9.17, 15) is 22.8 Å². The van der Waals surface area contributed by atoms with Crippen LogP contribution in [0.1, 0.15) is 6.92 Å². The second-order valence-electron chi connectivity index (χ2n) is 3.68. The van der Waals surface area contributed by atoms with Gasteiger partial charge in [0.25, 0.3) is 0 Å². The lowest BCUT2D eigenvalue weighted by atomic mass is 10.4. The second kappa shape index (κ2) is 7.56. The summed E-state index contributed by atoms with van der Waals surface area (Å²) >= 11 is 0. The Morgan fingerprint density at radius 1 is 1.26 bits per heavy atom. The molecule has 0 saturated heterocycles. The summed E-state index contributed by atoms with van der Waals surface area (Å²) in [5.41, 5.74) is 4.88. The van der Waals surface area contributed by atoms with Crippen LogP contribution < -0.4 is 11.1 Å². The first-order chi connectivity index (χ1) is 8.68. The highest BCUT2D eigenvalue weighted by molar-refractivity contribution is 7.91. The van der Waals surface area contributed by atoms with Gasteiger partial charge in [0.1, 0.15) is 13.1 Å². The van der Waals surface area contributed by atoms with Gasteiger partial charge in [-0.05, 0) is 0 Å². The quantitative estimate of drug-likeness (QED) is 0.472. The SMILES string of the molecule is CCS(=O)(=O)CCNC(=O)N(CC(N)=O)CC(=O)O. The number of urea groups is 1. The molecule has 0 aromatic carbocycles. The number of nitrogens with two attached hydrogens (primary N) is 1. The standard InChI is InChI=1S/C9H17N3O6S/c1-2-19(17,18)4-3-11-9(16)12(5-7(10)13)6-8(14)15/h2-6H2,1H3,(H2,10,13)(H,11,16)(H,14,15). The number of nitrogens with zero attached hydrogens (tertiary/aromatic N) is 1. The Morgan fingerprint density at radius 2 is 1.84 bits per heavy atom. The summed E-state index contributed by atoms with van der Waals surface area (Å²) in [6.45, 7) is 0.0544. The summed E-state index contributed by atoms with van der Waals surface area (Å²) < 4.78 is 22.3. The number of carboxylic acid groups (broad SMARTS) is 1. The molecule has 4 N–H and O–H groups in total. The van der Waals surface area contributed by atoms with Crippen molar-refractivity contribution >= 4 is 27.7 Å². The lowest BCUT2D eigenvalue weighted by Crippen LogP contribution is -2.47. The third-order valence-corrected chi connectivity index (χ3v) is 3.79. The average molecular weight is 295 g/mol. The Morgan fingerprint density at radius 3 is 2.26 bits per heavy atom. The van der Waals surface area contributed by atoms with Gasteiger partial charge in [-0.3, -0.25) is 9.59 Å². The molecule has 0 heterocycles. The van der Waals surface area contributed by atoms with Crippen LogP contribution in [0.5, 0.6) is 0 Å². The number of carbonyl (C=O) groups is 3. The Bertz CT molecular complexity index is 431. The number of nitrogens with one attached hydrogen (secondary N) is 1. The molecule has 0 atom stereocenters. The van der Waals surface area contributed by atoms with E-state index in [1.165, 1.54) is 6.92 Å². The number of carbonyl (C=O) groups excluding carboxylic acids is 2. The monoisotopic (exact) mass is 295 g/mol. The van der Waals surface area contributed by atoms with Crippen LogP contribution in [-0.2, 0) is 19.4 Å². The molecule has 0 unspecified atom stereocenters. The van der Waals surface area contributed by atoms with Crippen LogP contribution in [0.2, 0.25) is 0 Å². The first-order valence-corrected chi connectivity index (χ1v) is 7.23. The smallest absolute Gasteiger partial charge is 0.323 e. The van der Waals surface area contributed by atoms with Crippen LogP contribution in [0.4, 0.5) is 4.79 Å². The Kier molecular flexibility index (Phi) is 6.83. The Hall–Kier alpha value is -1.84. The van der Waals surface area contributed by atoms with Gasteiger partial charge in [-0.1, -0.05) is 6.92 Å². The van der Waals surface area contributed by atoms with Crippen molar-refractivity contribution in [1.29, 1.82) is 0 Å². The van der Waals surface area contributed by atoms with E-state index in [-0.39, 0.29) is 18.1 Å². The minimum absolute atomic E-state index is 0.0526. The number of sulfone groups is 1. The molecule has 0 radical (unpaired) electrons. The summed E-state index contributed by atoms with van der Waals surface area (Å²) in [4.78, 5) is 33.4. The number of amides is 3. The number of rotatable bonds is 8. The van der Waals surface area contributed by atoms with Crippen molar-refractivity contribution in [3.05, 3.63) is 0 Å². The molecular weight excluding hydrogens is 278 g/mol. The largest absolute Gasteiger partial charge is 0.480 e. The second-order valence-corrected chi connectivity index (χ2v) is 6.16. The van der Waals surface area contributed by atoms with E-state index in [4.69, 9.17) is 10.8 Å². The molecule has 0 bridgehead atoms. The summed E-state index contributed by atoms with van der Waals surface area (Å²) in [6, 6.07) is -0.854. The zero-order chi connectivity index (χ0) is 15.1. The molecule has 0 aromatic heterocycles. The van der Waals surface area contributed by atoms with Crippen molar-refractivity contribution in [2.24, 2.45) is 5.73 Å². The first kappa shape index (κ1) is 17.2. The number of hydrogen-bond donors (Lipinski definition) is 3.